The largest absolute Gasteiger partial charge is 0.507 e. The third kappa shape index (κ3) is 6.39. The van der Waals surface area contributed by atoms with Crippen LogP contribution in [0.3, 0.4) is 0 Å². The van der Waals surface area contributed by atoms with Crippen LogP contribution in [0.2, 0.25) is 0 Å². The Hall–Kier alpha value is -2.07. The van der Waals surface area contributed by atoms with Gasteiger partial charge in [-0.2, -0.15) is 0 Å². The summed E-state index contributed by atoms with van der Waals surface area (Å²) in [5.41, 5.74) is 6.01. The monoisotopic (exact) mass is 348 g/mol. The smallest absolute Gasteiger partial charge is 0.335 e. The Morgan fingerprint density at radius 2 is 1.84 bits per heavy atom. The maximum Gasteiger partial charge on any atom is 0.335 e. The van der Waals surface area contributed by atoms with E-state index in [9.17, 15) is 20.1 Å². The second-order valence-corrected chi connectivity index (χ2v) is 6.03. The first-order valence-corrected chi connectivity index (χ1v) is 8.55. The molecule has 0 aliphatic carbocycles. The maximum atomic E-state index is 11.5. The quantitative estimate of drug-likeness (QED) is 0.496. The second-order valence-electron chi connectivity index (χ2n) is 6.03. The number of aryl methyl sites for hydroxylation is 2. The first-order valence-electron chi connectivity index (χ1n) is 8.55. The highest BCUT2D eigenvalue weighted by molar-refractivity contribution is 5.74. The molecule has 2 atom stereocenters. The van der Waals surface area contributed by atoms with Crippen molar-refractivity contribution in [1.82, 2.24) is 0 Å². The number of carbonyl (C=O) groups excluding carboxylic acids is 1. The Labute approximate surface area is 149 Å². The predicted octanol–water partition coefficient (Wildman–Crippen LogP) is 3.24. The molecule has 1 aromatic rings. The van der Waals surface area contributed by atoms with Gasteiger partial charge in [0.15, 0.2) is 6.10 Å². The van der Waals surface area contributed by atoms with E-state index in [-0.39, 0.29) is 18.8 Å². The first kappa shape index (κ1) is 21.0. The zero-order valence-electron chi connectivity index (χ0n) is 15.4. The summed E-state index contributed by atoms with van der Waals surface area (Å²) in [5, 5.41) is 29.9. The molecule has 0 saturated heterocycles. The van der Waals surface area contributed by atoms with Gasteiger partial charge in [-0.3, -0.25) is 0 Å². The fraction of sp³-hybridized carbons (Fsp3) is 0.500. The molecular formula is C20H28O5. The van der Waals surface area contributed by atoms with E-state index in [2.05, 4.69) is 5.73 Å². The van der Waals surface area contributed by atoms with Gasteiger partial charge in [0.1, 0.15) is 5.75 Å². The molecule has 0 aliphatic rings. The Bertz CT molecular complexity index is 633. The number of hydrogen-bond donors (Lipinski definition) is 3. The highest BCUT2D eigenvalue weighted by Crippen LogP contribution is 2.27. The minimum absolute atomic E-state index is 0.166. The van der Waals surface area contributed by atoms with E-state index in [0.717, 1.165) is 22.3 Å². The van der Waals surface area contributed by atoms with Crippen LogP contribution in [0.25, 0.3) is 0 Å². The van der Waals surface area contributed by atoms with Crippen LogP contribution < -0.4 is 0 Å². The van der Waals surface area contributed by atoms with Crippen molar-refractivity contribution in [3.63, 3.8) is 0 Å². The number of phenols is 1. The Morgan fingerprint density at radius 3 is 2.36 bits per heavy atom. The number of esters is 1. The molecule has 0 amide bonds. The predicted molar refractivity (Wildman–Crippen MR) is 96.3 cm³/mol. The molecule has 5 nitrogen and oxygen atoms in total. The van der Waals surface area contributed by atoms with E-state index in [1.165, 1.54) is 0 Å². The SMILES string of the molecule is CCOC(=O)[C@H](O)CC(=C=CC[C@@H](O)c1cc(C)c(O)c(C)c1)CC. The van der Waals surface area contributed by atoms with Crippen LogP contribution in [0.4, 0.5) is 0 Å². The lowest BCUT2D eigenvalue weighted by molar-refractivity contribution is -0.152. The van der Waals surface area contributed by atoms with Crippen LogP contribution in [-0.2, 0) is 9.53 Å². The minimum Gasteiger partial charge on any atom is -0.507 e. The fourth-order valence-electron chi connectivity index (χ4n) is 2.49. The van der Waals surface area contributed by atoms with Crippen LogP contribution in [0.1, 0.15) is 55.9 Å². The van der Waals surface area contributed by atoms with E-state index in [1.54, 1.807) is 39.0 Å². The average Bonchev–Trinajstić information content (AvgIpc) is 2.58. The minimum atomic E-state index is -1.19. The lowest BCUT2D eigenvalue weighted by Crippen LogP contribution is -2.23. The number of ether oxygens (including phenoxy) is 1. The number of aromatic hydroxyl groups is 1. The van der Waals surface area contributed by atoms with Crippen LogP contribution >= 0.6 is 0 Å². The van der Waals surface area contributed by atoms with Crippen molar-refractivity contribution in [2.75, 3.05) is 6.61 Å². The highest BCUT2D eigenvalue weighted by Gasteiger charge is 2.17. The van der Waals surface area contributed by atoms with Crippen molar-refractivity contribution in [2.24, 2.45) is 0 Å². The van der Waals surface area contributed by atoms with Gasteiger partial charge < -0.3 is 20.1 Å². The van der Waals surface area contributed by atoms with Crippen molar-refractivity contribution in [2.45, 2.75) is 59.2 Å². The Morgan fingerprint density at radius 1 is 1.24 bits per heavy atom. The summed E-state index contributed by atoms with van der Waals surface area (Å²) in [6.45, 7) is 7.42. The van der Waals surface area contributed by atoms with Crippen molar-refractivity contribution in [3.8, 4) is 5.75 Å². The summed E-state index contributed by atoms with van der Waals surface area (Å²) in [6, 6.07) is 3.52. The van der Waals surface area contributed by atoms with Gasteiger partial charge >= 0.3 is 5.97 Å². The van der Waals surface area contributed by atoms with Crippen molar-refractivity contribution in [1.29, 1.82) is 0 Å². The van der Waals surface area contributed by atoms with Gasteiger partial charge in [-0.1, -0.05) is 6.92 Å². The molecule has 0 fully saturated rings. The summed E-state index contributed by atoms with van der Waals surface area (Å²) >= 11 is 0. The van der Waals surface area contributed by atoms with Crippen LogP contribution in [0, 0.1) is 13.8 Å². The van der Waals surface area contributed by atoms with Crippen molar-refractivity contribution in [3.05, 3.63) is 46.2 Å². The van der Waals surface area contributed by atoms with Crippen LogP contribution in [0.15, 0.2) is 29.5 Å². The second kappa shape index (κ2) is 10.0. The number of carbonyl (C=O) groups is 1. The third-order valence-electron chi connectivity index (χ3n) is 3.97. The molecule has 25 heavy (non-hydrogen) atoms. The first-order chi connectivity index (χ1) is 11.8. The van der Waals surface area contributed by atoms with Gasteiger partial charge in [0, 0.05) is 12.8 Å². The van der Waals surface area contributed by atoms with Crippen molar-refractivity contribution < 1.29 is 24.9 Å². The number of aliphatic hydroxyl groups is 2. The summed E-state index contributed by atoms with van der Waals surface area (Å²) < 4.78 is 4.78. The van der Waals surface area contributed by atoms with E-state index in [0.29, 0.717) is 12.8 Å². The van der Waals surface area contributed by atoms with Crippen molar-refractivity contribution >= 4 is 5.97 Å². The van der Waals surface area contributed by atoms with E-state index in [1.807, 2.05) is 6.92 Å². The average molecular weight is 348 g/mol. The molecule has 3 N–H and O–H groups in total. The molecule has 0 aliphatic heterocycles. The van der Waals surface area contributed by atoms with Gasteiger partial charge in [-0.15, -0.1) is 5.73 Å². The topological polar surface area (TPSA) is 87.0 Å². The molecule has 0 heterocycles. The number of aliphatic hydroxyl groups excluding tert-OH is 2. The Balaban J connectivity index is 2.78. The number of phenolic OH excluding ortho intramolecular Hbond substituents is 1. The summed E-state index contributed by atoms with van der Waals surface area (Å²) in [5.74, 6) is -0.391. The zero-order chi connectivity index (χ0) is 19.0. The molecule has 0 radical (unpaired) electrons. The maximum absolute atomic E-state index is 11.5. The van der Waals surface area contributed by atoms with Gasteiger partial charge in [-0.25, -0.2) is 4.79 Å². The normalized spacial score (nSPS) is 12.9. The zero-order valence-corrected chi connectivity index (χ0v) is 15.4. The molecule has 0 saturated carbocycles. The molecule has 0 unspecified atom stereocenters. The lowest BCUT2D eigenvalue weighted by atomic mass is 10.00. The molecule has 0 spiro atoms. The summed E-state index contributed by atoms with van der Waals surface area (Å²) in [7, 11) is 0. The van der Waals surface area contributed by atoms with Gasteiger partial charge in [0.05, 0.1) is 12.7 Å². The van der Waals surface area contributed by atoms with Gasteiger partial charge in [0.2, 0.25) is 0 Å². The standard InChI is InChI=1S/C20H28O5/c1-5-15(12-18(22)20(24)25-6-2)8-7-9-17(21)16-10-13(3)19(23)14(4)11-16/h7,10-11,17-18,21-23H,5-6,9,12H2,1-4H3/t8?,17-,18-/m1/s1. The molecule has 1 rings (SSSR count). The van der Waals surface area contributed by atoms with Crippen LogP contribution in [0.5, 0.6) is 5.75 Å². The number of hydrogen-bond acceptors (Lipinski definition) is 5. The van der Waals surface area contributed by atoms with Crippen LogP contribution in [-0.4, -0.2) is 34.0 Å². The molecular weight excluding hydrogens is 320 g/mol. The van der Waals surface area contributed by atoms with E-state index >= 15 is 0 Å². The van der Waals surface area contributed by atoms with E-state index < -0.39 is 18.2 Å². The highest BCUT2D eigenvalue weighted by atomic mass is 16.5. The molecule has 138 valence electrons. The lowest BCUT2D eigenvalue weighted by Gasteiger charge is -2.12. The number of benzene rings is 1. The summed E-state index contributed by atoms with van der Waals surface area (Å²) in [4.78, 5) is 11.5. The molecule has 1 aromatic carbocycles. The van der Waals surface area contributed by atoms with E-state index in [4.69, 9.17) is 4.74 Å². The fourth-order valence-corrected chi connectivity index (χ4v) is 2.49. The molecule has 0 bridgehead atoms. The molecule has 0 aromatic heterocycles. The van der Waals surface area contributed by atoms with Gasteiger partial charge in [-0.05, 0) is 67.7 Å². The Kier molecular flexibility index (Phi) is 8.42. The number of rotatable bonds is 8. The van der Waals surface area contributed by atoms with Gasteiger partial charge in [0.25, 0.3) is 0 Å². The molecule has 5 heteroatoms. The third-order valence-corrected chi connectivity index (χ3v) is 3.97. The summed E-state index contributed by atoms with van der Waals surface area (Å²) in [6.07, 6.45) is 0.961.